The van der Waals surface area contributed by atoms with Crippen molar-refractivity contribution < 1.29 is 4.39 Å². The van der Waals surface area contributed by atoms with Crippen molar-refractivity contribution in [2.75, 3.05) is 0 Å². The summed E-state index contributed by atoms with van der Waals surface area (Å²) in [6.45, 7) is 1.95. The fourth-order valence-electron chi connectivity index (χ4n) is 1.45. The number of aryl methyl sites for hydroxylation is 1. The van der Waals surface area contributed by atoms with Crippen molar-refractivity contribution in [3.05, 3.63) is 59.4 Å². The molecule has 0 atom stereocenters. The predicted octanol–water partition coefficient (Wildman–Crippen LogP) is 4.16. The molecule has 0 bridgehead atoms. The Kier molecular flexibility index (Phi) is 3.46. The highest BCUT2D eigenvalue weighted by Gasteiger charge is 2.07. The van der Waals surface area contributed by atoms with E-state index in [9.17, 15) is 4.39 Å². The Morgan fingerprint density at radius 1 is 1.12 bits per heavy atom. The van der Waals surface area contributed by atoms with Gasteiger partial charge in [0, 0.05) is 9.79 Å². The third kappa shape index (κ3) is 2.66. The van der Waals surface area contributed by atoms with Crippen LogP contribution in [0.25, 0.3) is 0 Å². The first-order valence-electron chi connectivity index (χ1n) is 5.14. The van der Waals surface area contributed by atoms with Crippen molar-refractivity contribution in [2.24, 2.45) is 0 Å². The minimum absolute atomic E-state index is 0.261. The van der Waals surface area contributed by atoms with Crippen LogP contribution in [-0.4, -0.2) is 0 Å². The van der Waals surface area contributed by atoms with E-state index < -0.39 is 0 Å². The highest BCUT2D eigenvalue weighted by molar-refractivity contribution is 7.99. The fraction of sp³-hybridized carbons (Fsp3) is 0.0714. The summed E-state index contributed by atoms with van der Waals surface area (Å²) >= 11 is 1.28. The lowest BCUT2D eigenvalue weighted by atomic mass is 10.2. The zero-order valence-corrected chi connectivity index (χ0v) is 10.1. The molecular formula is C14H10FNS. The Morgan fingerprint density at radius 2 is 1.88 bits per heavy atom. The van der Waals surface area contributed by atoms with Gasteiger partial charge in [-0.15, -0.1) is 0 Å². The molecular weight excluding hydrogens is 233 g/mol. The molecule has 2 aromatic carbocycles. The van der Waals surface area contributed by atoms with Crippen LogP contribution in [0, 0.1) is 24.1 Å². The van der Waals surface area contributed by atoms with Gasteiger partial charge in [-0.3, -0.25) is 0 Å². The lowest BCUT2D eigenvalue weighted by Crippen LogP contribution is -1.85. The third-order valence-corrected chi connectivity index (χ3v) is 3.42. The Bertz CT molecular complexity index is 587. The third-order valence-electron chi connectivity index (χ3n) is 2.31. The smallest absolute Gasteiger partial charge is 0.137 e. The van der Waals surface area contributed by atoms with Crippen molar-refractivity contribution in [1.29, 1.82) is 5.26 Å². The minimum Gasteiger partial charge on any atom is -0.206 e. The molecule has 3 heteroatoms. The summed E-state index contributed by atoms with van der Waals surface area (Å²) in [6, 6.07) is 14.2. The number of nitrogens with zero attached hydrogens (tertiary/aromatic N) is 1. The molecule has 0 saturated heterocycles. The normalized spacial score (nSPS) is 9.94. The summed E-state index contributed by atoms with van der Waals surface area (Å²) in [4.78, 5) is 1.33. The molecule has 0 aliphatic carbocycles. The molecule has 84 valence electrons. The van der Waals surface area contributed by atoms with Gasteiger partial charge in [0.2, 0.25) is 0 Å². The molecule has 0 aliphatic heterocycles. The molecule has 0 saturated carbocycles. The Balaban J connectivity index is 2.40. The molecule has 0 heterocycles. The van der Waals surface area contributed by atoms with Crippen LogP contribution in [0.2, 0.25) is 0 Å². The maximum atomic E-state index is 13.5. The van der Waals surface area contributed by atoms with Gasteiger partial charge in [0.1, 0.15) is 11.9 Å². The number of benzene rings is 2. The largest absolute Gasteiger partial charge is 0.206 e. The summed E-state index contributed by atoms with van der Waals surface area (Å²) < 4.78 is 13.5. The molecule has 2 aromatic rings. The number of halogens is 1. The molecule has 1 nitrogen and oxygen atoms in total. The lowest BCUT2D eigenvalue weighted by Gasteiger charge is -2.05. The first-order chi connectivity index (χ1) is 8.20. The van der Waals surface area contributed by atoms with E-state index in [1.165, 1.54) is 17.8 Å². The van der Waals surface area contributed by atoms with Crippen LogP contribution in [0.4, 0.5) is 4.39 Å². The van der Waals surface area contributed by atoms with E-state index in [2.05, 4.69) is 6.07 Å². The molecule has 0 aliphatic rings. The molecule has 0 fully saturated rings. The van der Waals surface area contributed by atoms with E-state index in [1.54, 1.807) is 24.3 Å². The van der Waals surface area contributed by atoms with E-state index in [-0.39, 0.29) is 5.82 Å². The molecule has 0 N–H and O–H groups in total. The fourth-order valence-corrected chi connectivity index (χ4v) is 2.47. The van der Waals surface area contributed by atoms with Crippen molar-refractivity contribution >= 4 is 11.8 Å². The highest BCUT2D eigenvalue weighted by Crippen LogP contribution is 2.32. The first-order valence-corrected chi connectivity index (χ1v) is 5.95. The average Bonchev–Trinajstić information content (AvgIpc) is 2.32. The maximum Gasteiger partial charge on any atom is 0.137 e. The molecule has 0 radical (unpaired) electrons. The summed E-state index contributed by atoms with van der Waals surface area (Å²) in [5, 5.41) is 9.00. The number of hydrogen-bond acceptors (Lipinski definition) is 2. The quantitative estimate of drug-likeness (QED) is 0.790. The number of rotatable bonds is 2. The van der Waals surface area contributed by atoms with Gasteiger partial charge in [-0.2, -0.15) is 5.26 Å². The van der Waals surface area contributed by atoms with Crippen LogP contribution in [0.5, 0.6) is 0 Å². The monoisotopic (exact) mass is 243 g/mol. The van der Waals surface area contributed by atoms with E-state index in [0.717, 1.165) is 10.5 Å². The van der Waals surface area contributed by atoms with Crippen molar-refractivity contribution in [1.82, 2.24) is 0 Å². The van der Waals surface area contributed by atoms with E-state index in [0.29, 0.717) is 10.5 Å². The summed E-state index contributed by atoms with van der Waals surface area (Å²) in [5.74, 6) is -0.261. The van der Waals surface area contributed by atoms with E-state index >= 15 is 0 Å². The second-order valence-corrected chi connectivity index (χ2v) is 4.73. The van der Waals surface area contributed by atoms with Gasteiger partial charge in [0.25, 0.3) is 0 Å². The number of hydrogen-bond donors (Lipinski definition) is 0. The van der Waals surface area contributed by atoms with Gasteiger partial charge in [0.15, 0.2) is 0 Å². The first kappa shape index (κ1) is 11.7. The van der Waals surface area contributed by atoms with Crippen molar-refractivity contribution in [3.8, 4) is 6.07 Å². The minimum atomic E-state index is -0.261. The van der Waals surface area contributed by atoms with Crippen LogP contribution < -0.4 is 0 Å². The SMILES string of the molecule is Cc1ccc(C#N)c(Sc2ccccc2F)c1. The molecule has 2 rings (SSSR count). The predicted molar refractivity (Wildman–Crippen MR) is 66.4 cm³/mol. The topological polar surface area (TPSA) is 23.8 Å². The zero-order chi connectivity index (χ0) is 12.3. The van der Waals surface area contributed by atoms with Crippen LogP contribution in [0.15, 0.2) is 52.3 Å². The average molecular weight is 243 g/mol. The molecule has 0 unspecified atom stereocenters. The summed E-state index contributed by atoms with van der Waals surface area (Å²) in [7, 11) is 0. The molecule has 0 amide bonds. The summed E-state index contributed by atoms with van der Waals surface area (Å²) in [6.07, 6.45) is 0. The van der Waals surface area contributed by atoms with Gasteiger partial charge < -0.3 is 0 Å². The molecule has 17 heavy (non-hydrogen) atoms. The van der Waals surface area contributed by atoms with Crippen LogP contribution in [0.1, 0.15) is 11.1 Å². The summed E-state index contributed by atoms with van der Waals surface area (Å²) in [5.41, 5.74) is 1.63. The van der Waals surface area contributed by atoms with Gasteiger partial charge >= 0.3 is 0 Å². The van der Waals surface area contributed by atoms with Gasteiger partial charge in [0.05, 0.1) is 5.56 Å². The van der Waals surface area contributed by atoms with Gasteiger partial charge in [-0.25, -0.2) is 4.39 Å². The standard InChI is InChI=1S/C14H10FNS/c1-10-6-7-11(9-16)14(8-10)17-13-5-3-2-4-12(13)15/h2-8H,1H3. The lowest BCUT2D eigenvalue weighted by molar-refractivity contribution is 0.602. The zero-order valence-electron chi connectivity index (χ0n) is 9.27. The van der Waals surface area contributed by atoms with Crippen molar-refractivity contribution in [2.45, 2.75) is 16.7 Å². The highest BCUT2D eigenvalue weighted by atomic mass is 32.2. The van der Waals surface area contributed by atoms with Crippen LogP contribution >= 0.6 is 11.8 Å². The van der Waals surface area contributed by atoms with E-state index in [4.69, 9.17) is 5.26 Å². The second kappa shape index (κ2) is 5.03. The van der Waals surface area contributed by atoms with Crippen LogP contribution in [-0.2, 0) is 0 Å². The van der Waals surface area contributed by atoms with E-state index in [1.807, 2.05) is 19.1 Å². The Hall–Kier alpha value is -1.79. The molecule has 0 aromatic heterocycles. The van der Waals surface area contributed by atoms with Gasteiger partial charge in [-0.05, 0) is 36.8 Å². The van der Waals surface area contributed by atoms with Crippen molar-refractivity contribution in [3.63, 3.8) is 0 Å². The number of nitriles is 1. The Labute approximate surface area is 104 Å². The van der Waals surface area contributed by atoms with Crippen LogP contribution in [0.3, 0.4) is 0 Å². The maximum absolute atomic E-state index is 13.5. The molecule has 0 spiro atoms. The Morgan fingerprint density at radius 3 is 2.59 bits per heavy atom. The van der Waals surface area contributed by atoms with Gasteiger partial charge in [-0.1, -0.05) is 30.0 Å². The second-order valence-electron chi connectivity index (χ2n) is 3.64.